The Morgan fingerprint density at radius 1 is 1.14 bits per heavy atom. The summed E-state index contributed by atoms with van der Waals surface area (Å²) in [5.41, 5.74) is 0.752. The van der Waals surface area contributed by atoms with Crippen molar-refractivity contribution in [3.8, 4) is 23.0 Å². The van der Waals surface area contributed by atoms with E-state index in [0.717, 1.165) is 5.56 Å². The predicted octanol–water partition coefficient (Wildman–Crippen LogP) is 3.75. The molecule has 0 fully saturated rings. The third kappa shape index (κ3) is 2.93. The molecule has 22 heavy (non-hydrogen) atoms. The van der Waals surface area contributed by atoms with Crippen molar-refractivity contribution >= 4 is 5.69 Å². The molecule has 110 valence electrons. The number of nitrogens with zero attached hydrogens (tertiary/aromatic N) is 3. The molecule has 0 spiro atoms. The summed E-state index contributed by atoms with van der Waals surface area (Å²) in [6.07, 6.45) is 0. The van der Waals surface area contributed by atoms with E-state index < -0.39 is 4.92 Å². The van der Waals surface area contributed by atoms with Crippen molar-refractivity contribution in [2.45, 2.75) is 6.92 Å². The molecule has 7 heteroatoms. The molecule has 0 aliphatic carbocycles. The van der Waals surface area contributed by atoms with E-state index in [-0.39, 0.29) is 5.69 Å². The molecular weight excluding hydrogens is 286 g/mol. The van der Waals surface area contributed by atoms with Crippen LogP contribution in [0.2, 0.25) is 0 Å². The highest BCUT2D eigenvalue weighted by molar-refractivity contribution is 5.56. The van der Waals surface area contributed by atoms with Crippen molar-refractivity contribution in [3.05, 3.63) is 64.5 Å². The molecule has 1 aromatic heterocycles. The van der Waals surface area contributed by atoms with E-state index in [1.165, 1.54) is 12.1 Å². The molecule has 0 saturated heterocycles. The van der Waals surface area contributed by atoms with Gasteiger partial charge in [0.15, 0.2) is 5.82 Å². The lowest BCUT2D eigenvalue weighted by atomic mass is 10.2. The number of nitro benzene ring substituents is 1. The topological polar surface area (TPSA) is 91.3 Å². The van der Waals surface area contributed by atoms with Crippen molar-refractivity contribution in [3.63, 3.8) is 0 Å². The summed E-state index contributed by atoms with van der Waals surface area (Å²) < 4.78 is 10.8. The van der Waals surface area contributed by atoms with Gasteiger partial charge in [0.1, 0.15) is 11.5 Å². The molecule has 0 amide bonds. The summed E-state index contributed by atoms with van der Waals surface area (Å²) >= 11 is 0. The second kappa shape index (κ2) is 5.65. The van der Waals surface area contributed by atoms with Crippen LogP contribution in [0.3, 0.4) is 0 Å². The zero-order valence-electron chi connectivity index (χ0n) is 11.6. The first-order valence-corrected chi connectivity index (χ1v) is 6.45. The quantitative estimate of drug-likeness (QED) is 0.538. The lowest BCUT2D eigenvalue weighted by molar-refractivity contribution is -0.384. The van der Waals surface area contributed by atoms with Crippen LogP contribution in [0.15, 0.2) is 53.1 Å². The summed E-state index contributed by atoms with van der Waals surface area (Å²) in [4.78, 5) is 14.3. The van der Waals surface area contributed by atoms with Crippen LogP contribution in [0.4, 0.5) is 5.69 Å². The molecule has 0 saturated carbocycles. The maximum Gasteiger partial charge on any atom is 0.269 e. The Morgan fingerprint density at radius 2 is 1.91 bits per heavy atom. The van der Waals surface area contributed by atoms with E-state index in [0.29, 0.717) is 23.2 Å². The Kier molecular flexibility index (Phi) is 3.53. The van der Waals surface area contributed by atoms with E-state index in [2.05, 4.69) is 10.1 Å². The summed E-state index contributed by atoms with van der Waals surface area (Å²) in [7, 11) is 0. The molecule has 7 nitrogen and oxygen atoms in total. The maximum atomic E-state index is 10.6. The van der Waals surface area contributed by atoms with E-state index in [1.54, 1.807) is 37.3 Å². The lowest BCUT2D eigenvalue weighted by Gasteiger charge is -2.06. The monoisotopic (exact) mass is 297 g/mol. The Hall–Kier alpha value is -3.22. The number of aryl methyl sites for hydroxylation is 1. The number of aromatic nitrogens is 2. The number of hydrogen-bond acceptors (Lipinski definition) is 6. The smallest absolute Gasteiger partial charge is 0.269 e. The fraction of sp³-hybridized carbons (Fsp3) is 0.0667. The Labute approximate surface area is 125 Å². The minimum Gasteiger partial charge on any atom is -0.457 e. The fourth-order valence-electron chi connectivity index (χ4n) is 1.88. The summed E-state index contributed by atoms with van der Waals surface area (Å²) in [6.45, 7) is 1.74. The molecule has 0 unspecified atom stereocenters. The van der Waals surface area contributed by atoms with Gasteiger partial charge in [-0.1, -0.05) is 11.2 Å². The minimum absolute atomic E-state index is 0.0161. The first-order chi connectivity index (χ1) is 10.6. The van der Waals surface area contributed by atoms with Crippen LogP contribution >= 0.6 is 0 Å². The number of rotatable bonds is 4. The molecule has 0 atom stereocenters. The van der Waals surface area contributed by atoms with Crippen molar-refractivity contribution in [1.82, 2.24) is 10.1 Å². The molecule has 2 aromatic carbocycles. The number of non-ortho nitro benzene ring substituents is 1. The molecule has 0 N–H and O–H groups in total. The normalized spacial score (nSPS) is 10.4. The second-order valence-corrected chi connectivity index (χ2v) is 4.53. The van der Waals surface area contributed by atoms with Crippen molar-refractivity contribution in [2.24, 2.45) is 0 Å². The number of benzene rings is 2. The highest BCUT2D eigenvalue weighted by atomic mass is 16.6. The molecule has 3 aromatic rings. The van der Waals surface area contributed by atoms with Gasteiger partial charge in [0.05, 0.1) is 4.92 Å². The van der Waals surface area contributed by atoms with Crippen molar-refractivity contribution in [1.29, 1.82) is 0 Å². The fourth-order valence-corrected chi connectivity index (χ4v) is 1.88. The molecule has 0 aliphatic rings. The van der Waals surface area contributed by atoms with Gasteiger partial charge in [-0.25, -0.2) is 0 Å². The minimum atomic E-state index is -0.456. The Morgan fingerprint density at radius 3 is 2.55 bits per heavy atom. The van der Waals surface area contributed by atoms with Crippen molar-refractivity contribution in [2.75, 3.05) is 0 Å². The van der Waals surface area contributed by atoms with Gasteiger partial charge in [-0.05, 0) is 37.3 Å². The molecule has 0 aliphatic heterocycles. The highest BCUT2D eigenvalue weighted by Crippen LogP contribution is 2.27. The van der Waals surface area contributed by atoms with Crippen LogP contribution in [0.5, 0.6) is 11.5 Å². The molecule has 0 radical (unpaired) electrons. The zero-order valence-corrected chi connectivity index (χ0v) is 11.6. The van der Waals surface area contributed by atoms with E-state index in [9.17, 15) is 10.1 Å². The van der Waals surface area contributed by atoms with Gasteiger partial charge in [-0.15, -0.1) is 0 Å². The summed E-state index contributed by atoms with van der Waals surface area (Å²) in [6, 6.07) is 13.0. The maximum absolute atomic E-state index is 10.6. The van der Waals surface area contributed by atoms with Gasteiger partial charge in [0, 0.05) is 17.7 Å². The van der Waals surface area contributed by atoms with E-state index in [1.807, 2.05) is 6.07 Å². The number of hydrogen-bond donors (Lipinski definition) is 0. The number of ether oxygens (including phenoxy) is 1. The highest BCUT2D eigenvalue weighted by Gasteiger charge is 2.09. The van der Waals surface area contributed by atoms with E-state index >= 15 is 0 Å². The van der Waals surface area contributed by atoms with Gasteiger partial charge >= 0.3 is 0 Å². The van der Waals surface area contributed by atoms with Gasteiger partial charge in [-0.3, -0.25) is 10.1 Å². The van der Waals surface area contributed by atoms with Gasteiger partial charge in [-0.2, -0.15) is 4.98 Å². The second-order valence-electron chi connectivity index (χ2n) is 4.53. The third-order valence-corrected chi connectivity index (χ3v) is 2.89. The van der Waals surface area contributed by atoms with Crippen LogP contribution < -0.4 is 4.74 Å². The van der Waals surface area contributed by atoms with Crippen LogP contribution in [-0.2, 0) is 0 Å². The molecule has 3 rings (SSSR count). The first-order valence-electron chi connectivity index (χ1n) is 6.45. The summed E-state index contributed by atoms with van der Waals surface area (Å²) in [5.74, 6) is 2.04. The zero-order chi connectivity index (χ0) is 15.5. The Bertz CT molecular complexity index is 812. The number of nitro groups is 1. The SMILES string of the molecule is Cc1noc(-c2cccc(Oc3ccc([N+](=O)[O-])cc3)c2)n1. The third-order valence-electron chi connectivity index (χ3n) is 2.89. The average molecular weight is 297 g/mol. The molecule has 0 bridgehead atoms. The molecule has 1 heterocycles. The van der Waals surface area contributed by atoms with Crippen LogP contribution in [0, 0.1) is 17.0 Å². The first kappa shape index (κ1) is 13.7. The summed E-state index contributed by atoms with van der Waals surface area (Å²) in [5, 5.41) is 14.4. The Balaban J connectivity index is 1.82. The standard InChI is InChI=1S/C15H11N3O4/c1-10-16-15(22-17-10)11-3-2-4-14(9-11)21-13-7-5-12(6-8-13)18(19)20/h2-9H,1H3. The average Bonchev–Trinajstić information content (AvgIpc) is 2.95. The van der Waals surface area contributed by atoms with Gasteiger partial charge in [0.2, 0.25) is 0 Å². The largest absolute Gasteiger partial charge is 0.457 e. The van der Waals surface area contributed by atoms with Crippen LogP contribution in [0.25, 0.3) is 11.5 Å². The van der Waals surface area contributed by atoms with Crippen LogP contribution in [0.1, 0.15) is 5.82 Å². The lowest BCUT2D eigenvalue weighted by Crippen LogP contribution is -1.89. The van der Waals surface area contributed by atoms with Gasteiger partial charge < -0.3 is 9.26 Å². The molecular formula is C15H11N3O4. The van der Waals surface area contributed by atoms with E-state index in [4.69, 9.17) is 9.26 Å². The predicted molar refractivity (Wildman–Crippen MR) is 77.6 cm³/mol. The van der Waals surface area contributed by atoms with Gasteiger partial charge in [0.25, 0.3) is 11.6 Å². The van der Waals surface area contributed by atoms with Crippen molar-refractivity contribution < 1.29 is 14.2 Å². The van der Waals surface area contributed by atoms with Crippen LogP contribution in [-0.4, -0.2) is 15.1 Å².